The molecule has 31 heavy (non-hydrogen) atoms. The van der Waals surface area contributed by atoms with E-state index in [-0.39, 0.29) is 31.1 Å². The van der Waals surface area contributed by atoms with Crippen molar-refractivity contribution in [3.63, 3.8) is 0 Å². The number of likely N-dealkylation sites (N-methyl/N-ethyl adjacent to an activating group) is 1. The number of carbonyl (C=O) groups excluding carboxylic acids is 2. The van der Waals surface area contributed by atoms with Crippen molar-refractivity contribution < 1.29 is 32.2 Å². The monoisotopic (exact) mass is 437 g/mol. The van der Waals surface area contributed by atoms with Crippen molar-refractivity contribution in [3.8, 4) is 11.5 Å². The van der Waals surface area contributed by atoms with Gasteiger partial charge in [0.2, 0.25) is 11.8 Å². The molecule has 166 valence electrons. The Morgan fingerprint density at radius 3 is 2.45 bits per heavy atom. The topological polar surface area (TPSA) is 79.9 Å². The molecule has 0 fully saturated rings. The van der Waals surface area contributed by atoms with Gasteiger partial charge >= 0.3 is 6.18 Å². The number of hydrogen-bond acceptors (Lipinski definition) is 5. The van der Waals surface area contributed by atoms with Crippen LogP contribution in [0, 0.1) is 0 Å². The second-order valence-corrected chi connectivity index (χ2v) is 6.99. The highest BCUT2D eigenvalue weighted by molar-refractivity contribution is 5.93. The number of hydrogen-bond donors (Lipinski definition) is 2. The molecule has 3 rings (SSSR count). The van der Waals surface area contributed by atoms with Crippen LogP contribution in [0.3, 0.4) is 0 Å². The van der Waals surface area contributed by atoms with Crippen molar-refractivity contribution in [2.75, 3.05) is 44.0 Å². The minimum Gasteiger partial charge on any atom is -0.486 e. The summed E-state index contributed by atoms with van der Waals surface area (Å²) in [6.07, 6.45) is -4.47. The van der Waals surface area contributed by atoms with E-state index in [0.29, 0.717) is 30.4 Å². The molecule has 0 saturated carbocycles. The molecule has 0 unspecified atom stereocenters. The minimum absolute atomic E-state index is 0.0946. The van der Waals surface area contributed by atoms with E-state index < -0.39 is 17.6 Å². The Morgan fingerprint density at radius 2 is 1.71 bits per heavy atom. The summed E-state index contributed by atoms with van der Waals surface area (Å²) in [5.41, 5.74) is -0.659. The molecule has 0 saturated heterocycles. The zero-order chi connectivity index (χ0) is 22.4. The summed E-state index contributed by atoms with van der Waals surface area (Å²) < 4.78 is 50.0. The van der Waals surface area contributed by atoms with Gasteiger partial charge in [0.15, 0.2) is 11.5 Å². The van der Waals surface area contributed by atoms with Crippen molar-refractivity contribution in [1.82, 2.24) is 4.90 Å². The maximum Gasteiger partial charge on any atom is 0.418 e. The van der Waals surface area contributed by atoms with Gasteiger partial charge in [-0.15, -0.1) is 0 Å². The van der Waals surface area contributed by atoms with Crippen LogP contribution in [0.15, 0.2) is 42.5 Å². The van der Waals surface area contributed by atoms with E-state index in [9.17, 15) is 22.8 Å². The Morgan fingerprint density at radius 1 is 1.00 bits per heavy atom. The van der Waals surface area contributed by atoms with E-state index in [4.69, 9.17) is 9.47 Å². The number of rotatable bonds is 7. The lowest BCUT2D eigenvalue weighted by Crippen LogP contribution is -2.33. The van der Waals surface area contributed by atoms with E-state index in [1.807, 2.05) is 0 Å². The molecule has 1 heterocycles. The van der Waals surface area contributed by atoms with Gasteiger partial charge < -0.3 is 20.1 Å². The molecule has 10 heteroatoms. The first-order chi connectivity index (χ1) is 14.7. The predicted octanol–water partition coefficient (Wildman–Crippen LogP) is 3.38. The first-order valence-electron chi connectivity index (χ1n) is 9.56. The van der Waals surface area contributed by atoms with Gasteiger partial charge in [0, 0.05) is 24.7 Å². The molecule has 2 aromatic carbocycles. The Balaban J connectivity index is 1.46. The van der Waals surface area contributed by atoms with Crippen LogP contribution in [0.2, 0.25) is 0 Å². The molecule has 0 aromatic heterocycles. The summed E-state index contributed by atoms with van der Waals surface area (Å²) in [5, 5.41) is 5.02. The van der Waals surface area contributed by atoms with Crippen LogP contribution >= 0.6 is 0 Å². The van der Waals surface area contributed by atoms with Gasteiger partial charge in [0.05, 0.1) is 17.8 Å². The molecule has 2 N–H and O–H groups in total. The molecule has 2 amide bonds. The largest absolute Gasteiger partial charge is 0.486 e. The number of anilines is 2. The van der Waals surface area contributed by atoms with Gasteiger partial charge in [-0.3, -0.25) is 14.5 Å². The Hall–Kier alpha value is -3.27. The maximum absolute atomic E-state index is 13.0. The summed E-state index contributed by atoms with van der Waals surface area (Å²) in [5.74, 6) is 0.289. The van der Waals surface area contributed by atoms with E-state index in [1.54, 1.807) is 30.1 Å². The number of carbonyl (C=O) groups is 2. The van der Waals surface area contributed by atoms with E-state index in [0.717, 1.165) is 6.07 Å². The molecule has 0 bridgehead atoms. The van der Waals surface area contributed by atoms with Crippen LogP contribution < -0.4 is 20.1 Å². The summed E-state index contributed by atoms with van der Waals surface area (Å²) in [6.45, 7) is 0.985. The molecule has 0 aliphatic carbocycles. The number of benzene rings is 2. The fourth-order valence-electron chi connectivity index (χ4n) is 2.99. The molecule has 0 spiro atoms. The summed E-state index contributed by atoms with van der Waals surface area (Å²) >= 11 is 0. The van der Waals surface area contributed by atoms with Crippen LogP contribution in [0.4, 0.5) is 24.5 Å². The van der Waals surface area contributed by atoms with Gasteiger partial charge in [-0.25, -0.2) is 0 Å². The second-order valence-electron chi connectivity index (χ2n) is 6.99. The number of alkyl halides is 3. The molecular weight excluding hydrogens is 415 g/mol. The molecule has 2 aromatic rings. The van der Waals surface area contributed by atoms with Crippen LogP contribution in [-0.2, 0) is 15.8 Å². The molecular formula is C21H22F3N3O4. The van der Waals surface area contributed by atoms with Gasteiger partial charge in [-0.05, 0) is 31.3 Å². The summed E-state index contributed by atoms with van der Waals surface area (Å²) in [6, 6.07) is 9.84. The second kappa shape index (κ2) is 9.69. The van der Waals surface area contributed by atoms with Crippen molar-refractivity contribution in [2.45, 2.75) is 12.6 Å². The summed E-state index contributed by atoms with van der Waals surface area (Å²) in [7, 11) is 1.60. The fourth-order valence-corrected chi connectivity index (χ4v) is 2.99. The lowest BCUT2D eigenvalue weighted by Gasteiger charge is -2.19. The fraction of sp³-hybridized carbons (Fsp3) is 0.333. The quantitative estimate of drug-likeness (QED) is 0.694. The smallest absolute Gasteiger partial charge is 0.418 e. The normalized spacial score (nSPS) is 13.1. The number of nitrogens with one attached hydrogen (secondary N) is 2. The highest BCUT2D eigenvalue weighted by atomic mass is 19.4. The molecule has 1 aliphatic rings. The standard InChI is InChI=1S/C21H22F3N3O4/c1-27(13-20(29)26-16-5-3-2-4-15(16)21(22,23)24)9-8-19(28)25-14-6-7-17-18(12-14)31-11-10-30-17/h2-7,12H,8-11,13H2,1H3,(H,25,28)(H,26,29). The van der Waals surface area contributed by atoms with Crippen LogP contribution in [0.25, 0.3) is 0 Å². The summed E-state index contributed by atoms with van der Waals surface area (Å²) in [4.78, 5) is 25.9. The van der Waals surface area contributed by atoms with Crippen molar-refractivity contribution in [1.29, 1.82) is 0 Å². The first kappa shape index (κ1) is 22.4. The van der Waals surface area contributed by atoms with Gasteiger partial charge in [-0.2, -0.15) is 13.2 Å². The lowest BCUT2D eigenvalue weighted by atomic mass is 10.1. The number of amides is 2. The van der Waals surface area contributed by atoms with Crippen LogP contribution in [0.5, 0.6) is 11.5 Å². The maximum atomic E-state index is 13.0. The third-order valence-corrected chi connectivity index (χ3v) is 4.47. The predicted molar refractivity (Wildman–Crippen MR) is 108 cm³/mol. The van der Waals surface area contributed by atoms with Gasteiger partial charge in [0.25, 0.3) is 0 Å². The highest BCUT2D eigenvalue weighted by Crippen LogP contribution is 2.34. The third kappa shape index (κ3) is 6.35. The van der Waals surface area contributed by atoms with Crippen LogP contribution in [0.1, 0.15) is 12.0 Å². The number of fused-ring (bicyclic) bond motifs is 1. The molecule has 7 nitrogen and oxygen atoms in total. The SMILES string of the molecule is CN(CCC(=O)Nc1ccc2c(c1)OCCO2)CC(=O)Nc1ccccc1C(F)(F)F. The van der Waals surface area contributed by atoms with Crippen molar-refractivity contribution >= 4 is 23.2 Å². The number of ether oxygens (including phenoxy) is 2. The first-order valence-corrected chi connectivity index (χ1v) is 9.56. The van der Waals surface area contributed by atoms with E-state index in [1.165, 1.54) is 18.2 Å². The molecule has 0 atom stereocenters. The Labute approximate surface area is 177 Å². The van der Waals surface area contributed by atoms with Gasteiger partial charge in [0.1, 0.15) is 13.2 Å². The zero-order valence-corrected chi connectivity index (χ0v) is 16.8. The highest BCUT2D eigenvalue weighted by Gasteiger charge is 2.33. The third-order valence-electron chi connectivity index (χ3n) is 4.47. The van der Waals surface area contributed by atoms with Gasteiger partial charge in [-0.1, -0.05) is 12.1 Å². The molecule has 1 aliphatic heterocycles. The minimum atomic E-state index is -4.57. The number of para-hydroxylation sites is 1. The van der Waals surface area contributed by atoms with E-state index in [2.05, 4.69) is 10.6 Å². The van der Waals surface area contributed by atoms with Crippen LogP contribution in [-0.4, -0.2) is 50.1 Å². The number of nitrogens with zero attached hydrogens (tertiary/aromatic N) is 1. The molecule has 0 radical (unpaired) electrons. The Kier molecular flexibility index (Phi) is 7.01. The number of halogens is 3. The van der Waals surface area contributed by atoms with E-state index >= 15 is 0 Å². The van der Waals surface area contributed by atoms with Crippen molar-refractivity contribution in [2.24, 2.45) is 0 Å². The lowest BCUT2D eigenvalue weighted by molar-refractivity contribution is -0.137. The average molecular weight is 437 g/mol. The Bertz CT molecular complexity index is 950. The van der Waals surface area contributed by atoms with Crippen molar-refractivity contribution in [3.05, 3.63) is 48.0 Å². The average Bonchev–Trinajstić information content (AvgIpc) is 2.72. The zero-order valence-electron chi connectivity index (χ0n) is 16.8.